The van der Waals surface area contributed by atoms with Gasteiger partial charge in [-0.3, -0.25) is 14.9 Å². The van der Waals surface area contributed by atoms with Crippen LogP contribution in [0.5, 0.6) is 0 Å². The topological polar surface area (TPSA) is 86.4 Å². The number of benzene rings is 1. The Labute approximate surface area is 154 Å². The van der Waals surface area contributed by atoms with Gasteiger partial charge in [0.2, 0.25) is 5.95 Å². The van der Waals surface area contributed by atoms with Gasteiger partial charge in [-0.2, -0.15) is 0 Å². The first-order valence-corrected chi connectivity index (χ1v) is 8.49. The van der Waals surface area contributed by atoms with Crippen LogP contribution in [0, 0.1) is 0 Å². The molecule has 0 aliphatic rings. The number of para-hydroxylation sites is 1. The lowest BCUT2D eigenvalue weighted by Crippen LogP contribution is -2.12. The van der Waals surface area contributed by atoms with E-state index in [1.807, 2.05) is 59.6 Å². The van der Waals surface area contributed by atoms with Crippen LogP contribution in [0.4, 0.5) is 17.3 Å². The SMILES string of the molecule is c1ccc(N(c2nnc[nH]2)c2c(-c3ccncc3)[nH]c3ccncc23)cc1. The van der Waals surface area contributed by atoms with Gasteiger partial charge in [-0.1, -0.05) is 18.2 Å². The lowest BCUT2D eigenvalue weighted by molar-refractivity contribution is 1.06. The molecule has 0 spiro atoms. The first-order chi connectivity index (χ1) is 13.4. The standard InChI is InChI=1S/C20H15N7/c1-2-4-15(5-3-1)27(20-23-13-24-26-20)19-16-12-22-11-8-17(16)25-18(19)14-6-9-21-10-7-14/h1-13,25H,(H,23,24,26). The Balaban J connectivity index is 1.84. The van der Waals surface area contributed by atoms with Crippen LogP contribution in [-0.2, 0) is 0 Å². The molecule has 0 bridgehead atoms. The fourth-order valence-electron chi connectivity index (χ4n) is 3.22. The van der Waals surface area contributed by atoms with E-state index in [-0.39, 0.29) is 0 Å². The van der Waals surface area contributed by atoms with Gasteiger partial charge in [0.25, 0.3) is 0 Å². The van der Waals surface area contributed by atoms with Gasteiger partial charge in [-0.15, -0.1) is 10.2 Å². The lowest BCUT2D eigenvalue weighted by atomic mass is 10.1. The smallest absolute Gasteiger partial charge is 0.233 e. The van der Waals surface area contributed by atoms with Crippen molar-refractivity contribution < 1.29 is 0 Å². The van der Waals surface area contributed by atoms with Gasteiger partial charge in [0.1, 0.15) is 6.33 Å². The number of fused-ring (bicyclic) bond motifs is 1. The van der Waals surface area contributed by atoms with Gasteiger partial charge < -0.3 is 9.97 Å². The van der Waals surface area contributed by atoms with E-state index >= 15 is 0 Å². The van der Waals surface area contributed by atoms with Crippen molar-refractivity contribution in [3.8, 4) is 11.3 Å². The van der Waals surface area contributed by atoms with E-state index in [1.165, 1.54) is 0 Å². The fraction of sp³-hybridized carbons (Fsp3) is 0. The second-order valence-corrected chi connectivity index (χ2v) is 5.99. The summed E-state index contributed by atoms with van der Waals surface area (Å²) in [6, 6.07) is 16.0. The maximum absolute atomic E-state index is 4.33. The second-order valence-electron chi connectivity index (χ2n) is 5.99. The first kappa shape index (κ1) is 15.3. The monoisotopic (exact) mass is 353 g/mol. The molecule has 4 heterocycles. The van der Waals surface area contributed by atoms with Crippen molar-refractivity contribution in [1.29, 1.82) is 0 Å². The highest BCUT2D eigenvalue weighted by Crippen LogP contribution is 2.43. The number of pyridine rings is 2. The molecule has 7 heteroatoms. The summed E-state index contributed by atoms with van der Waals surface area (Å²) >= 11 is 0. The van der Waals surface area contributed by atoms with Crippen LogP contribution in [0.2, 0.25) is 0 Å². The van der Waals surface area contributed by atoms with Crippen molar-refractivity contribution in [1.82, 2.24) is 30.1 Å². The van der Waals surface area contributed by atoms with E-state index in [4.69, 9.17) is 0 Å². The quantitative estimate of drug-likeness (QED) is 0.505. The number of aromatic nitrogens is 6. The summed E-state index contributed by atoms with van der Waals surface area (Å²) in [5.41, 5.74) is 4.89. The summed E-state index contributed by atoms with van der Waals surface area (Å²) in [6.45, 7) is 0. The number of anilines is 3. The number of H-pyrrole nitrogens is 2. The molecule has 4 aromatic heterocycles. The number of rotatable bonds is 4. The van der Waals surface area contributed by atoms with Crippen LogP contribution < -0.4 is 4.90 Å². The minimum Gasteiger partial charge on any atom is -0.353 e. The number of nitrogens with zero attached hydrogens (tertiary/aromatic N) is 5. The molecule has 0 radical (unpaired) electrons. The third kappa shape index (κ3) is 2.62. The summed E-state index contributed by atoms with van der Waals surface area (Å²) in [5, 5.41) is 9.23. The Morgan fingerprint density at radius 2 is 1.67 bits per heavy atom. The van der Waals surface area contributed by atoms with Crippen molar-refractivity contribution in [3.63, 3.8) is 0 Å². The average Bonchev–Trinajstić information content (AvgIpc) is 3.39. The largest absolute Gasteiger partial charge is 0.353 e. The molecule has 5 rings (SSSR count). The molecule has 0 amide bonds. The zero-order valence-electron chi connectivity index (χ0n) is 14.2. The summed E-state index contributed by atoms with van der Waals surface area (Å²) in [4.78, 5) is 17.2. The number of hydrogen-bond acceptors (Lipinski definition) is 5. The van der Waals surface area contributed by atoms with E-state index < -0.39 is 0 Å². The van der Waals surface area contributed by atoms with Crippen molar-refractivity contribution in [2.45, 2.75) is 0 Å². The van der Waals surface area contributed by atoms with Gasteiger partial charge in [0.05, 0.1) is 16.9 Å². The van der Waals surface area contributed by atoms with E-state index in [9.17, 15) is 0 Å². The molecule has 0 saturated heterocycles. The zero-order chi connectivity index (χ0) is 18.1. The Hall–Kier alpha value is -4.00. The molecule has 5 aromatic rings. The van der Waals surface area contributed by atoms with Crippen LogP contribution >= 0.6 is 0 Å². The summed E-state index contributed by atoms with van der Waals surface area (Å²) in [7, 11) is 0. The van der Waals surface area contributed by atoms with E-state index in [1.54, 1.807) is 24.9 Å². The molecular formula is C20H15N7. The summed E-state index contributed by atoms with van der Waals surface area (Å²) in [5.74, 6) is 0.626. The van der Waals surface area contributed by atoms with Gasteiger partial charge in [0, 0.05) is 41.4 Å². The Morgan fingerprint density at radius 1 is 0.852 bits per heavy atom. The molecular weight excluding hydrogens is 338 g/mol. The average molecular weight is 353 g/mol. The lowest BCUT2D eigenvalue weighted by Gasteiger charge is -2.22. The molecule has 2 N–H and O–H groups in total. The minimum atomic E-state index is 0.626. The molecule has 0 fully saturated rings. The van der Waals surface area contributed by atoms with E-state index in [0.29, 0.717) is 5.95 Å². The molecule has 0 saturated carbocycles. The third-order valence-electron chi connectivity index (χ3n) is 4.40. The van der Waals surface area contributed by atoms with E-state index in [2.05, 4.69) is 30.1 Å². The van der Waals surface area contributed by atoms with Gasteiger partial charge in [-0.05, 0) is 30.3 Å². The highest BCUT2D eigenvalue weighted by molar-refractivity contribution is 6.04. The Morgan fingerprint density at radius 3 is 2.44 bits per heavy atom. The van der Waals surface area contributed by atoms with Gasteiger partial charge in [0.15, 0.2) is 0 Å². The normalized spacial score (nSPS) is 11.0. The first-order valence-electron chi connectivity index (χ1n) is 8.49. The molecule has 0 atom stereocenters. The van der Waals surface area contributed by atoms with Crippen LogP contribution in [0.3, 0.4) is 0 Å². The molecule has 0 aliphatic heterocycles. The number of hydrogen-bond donors (Lipinski definition) is 2. The van der Waals surface area contributed by atoms with Crippen LogP contribution in [-0.4, -0.2) is 30.1 Å². The Kier molecular flexibility index (Phi) is 3.61. The van der Waals surface area contributed by atoms with Gasteiger partial charge in [-0.25, -0.2) is 0 Å². The molecule has 27 heavy (non-hydrogen) atoms. The Bertz CT molecular complexity index is 1170. The van der Waals surface area contributed by atoms with Crippen LogP contribution in [0.1, 0.15) is 0 Å². The van der Waals surface area contributed by atoms with Gasteiger partial charge >= 0.3 is 0 Å². The number of aromatic amines is 2. The zero-order valence-corrected chi connectivity index (χ0v) is 14.2. The highest BCUT2D eigenvalue weighted by Gasteiger charge is 2.23. The summed E-state index contributed by atoms with van der Waals surface area (Å²) < 4.78 is 0. The minimum absolute atomic E-state index is 0.626. The molecule has 1 aromatic carbocycles. The maximum Gasteiger partial charge on any atom is 0.233 e. The van der Waals surface area contributed by atoms with Crippen molar-refractivity contribution in [2.75, 3.05) is 4.90 Å². The highest BCUT2D eigenvalue weighted by atomic mass is 15.4. The molecule has 7 nitrogen and oxygen atoms in total. The van der Waals surface area contributed by atoms with E-state index in [0.717, 1.165) is 33.5 Å². The van der Waals surface area contributed by atoms with Crippen molar-refractivity contribution in [2.24, 2.45) is 0 Å². The summed E-state index contributed by atoms with van der Waals surface area (Å²) in [6.07, 6.45) is 8.78. The fourth-order valence-corrected chi connectivity index (χ4v) is 3.22. The predicted octanol–water partition coefficient (Wildman–Crippen LogP) is 4.21. The third-order valence-corrected chi connectivity index (χ3v) is 4.40. The van der Waals surface area contributed by atoms with Crippen LogP contribution in [0.15, 0.2) is 79.6 Å². The number of nitrogens with one attached hydrogen (secondary N) is 2. The molecule has 130 valence electrons. The molecule has 0 aliphatic carbocycles. The van der Waals surface area contributed by atoms with Crippen molar-refractivity contribution in [3.05, 3.63) is 79.6 Å². The molecule has 0 unspecified atom stereocenters. The second kappa shape index (κ2) is 6.38. The maximum atomic E-state index is 4.33. The van der Waals surface area contributed by atoms with Crippen molar-refractivity contribution >= 4 is 28.2 Å². The predicted molar refractivity (Wildman–Crippen MR) is 104 cm³/mol. The van der Waals surface area contributed by atoms with Crippen LogP contribution in [0.25, 0.3) is 22.2 Å².